The summed E-state index contributed by atoms with van der Waals surface area (Å²) in [5, 5.41) is 6.99. The third-order valence-electron chi connectivity index (χ3n) is 4.21. The van der Waals surface area contributed by atoms with Crippen LogP contribution in [0.3, 0.4) is 0 Å². The molecule has 0 bridgehead atoms. The Balaban J connectivity index is 1.56. The van der Waals surface area contributed by atoms with Gasteiger partial charge in [-0.3, -0.25) is 14.4 Å². The van der Waals surface area contributed by atoms with Gasteiger partial charge in [0.05, 0.1) is 11.4 Å². The average molecular weight is 477 g/mol. The molecule has 0 saturated carbocycles. The van der Waals surface area contributed by atoms with Crippen LogP contribution in [0.25, 0.3) is 0 Å². The lowest BCUT2D eigenvalue weighted by atomic mass is 10.1. The summed E-state index contributed by atoms with van der Waals surface area (Å²) < 4.78 is 40.4. The van der Waals surface area contributed by atoms with Gasteiger partial charge in [-0.25, -0.2) is 0 Å². The Morgan fingerprint density at radius 2 is 1.70 bits per heavy atom. The number of hydrogen-bond acceptors (Lipinski definition) is 5. The van der Waals surface area contributed by atoms with E-state index in [0.29, 0.717) is 10.6 Å². The molecule has 0 aliphatic heterocycles. The average Bonchev–Trinajstić information content (AvgIpc) is 3.29. The molecule has 2 N–H and O–H groups in total. The van der Waals surface area contributed by atoms with E-state index in [1.165, 1.54) is 41.5 Å². The number of carbonyl (C=O) groups is 3. The maximum Gasteiger partial charge on any atom is 0.573 e. The predicted octanol–water partition coefficient (Wildman–Crippen LogP) is 4.61. The first-order valence-corrected chi connectivity index (χ1v) is 10.3. The summed E-state index contributed by atoms with van der Waals surface area (Å²) in [5.74, 6) is -1.71. The lowest BCUT2D eigenvalue weighted by molar-refractivity contribution is -0.274. The van der Waals surface area contributed by atoms with Crippen molar-refractivity contribution in [1.29, 1.82) is 0 Å². The zero-order chi connectivity index (χ0) is 24.0. The van der Waals surface area contributed by atoms with Crippen LogP contribution in [0.15, 0.2) is 66.0 Å². The quantitative estimate of drug-likeness (QED) is 0.520. The second kappa shape index (κ2) is 10.2. The first kappa shape index (κ1) is 23.8. The van der Waals surface area contributed by atoms with Gasteiger partial charge < -0.3 is 20.3 Å². The molecule has 0 radical (unpaired) electrons. The van der Waals surface area contributed by atoms with Crippen LogP contribution >= 0.6 is 11.3 Å². The number of halogens is 3. The van der Waals surface area contributed by atoms with Gasteiger partial charge in [-0.2, -0.15) is 0 Å². The maximum absolute atomic E-state index is 12.7. The molecule has 0 spiro atoms. The largest absolute Gasteiger partial charge is 0.573 e. The van der Waals surface area contributed by atoms with Gasteiger partial charge in [0.1, 0.15) is 5.75 Å². The van der Waals surface area contributed by atoms with Crippen LogP contribution in [0, 0.1) is 0 Å². The minimum Gasteiger partial charge on any atom is -0.406 e. The number of carbonyl (C=O) groups excluding carboxylic acids is 3. The minimum atomic E-state index is -4.81. The van der Waals surface area contributed by atoms with E-state index in [4.69, 9.17) is 0 Å². The number of amides is 3. The molecule has 0 unspecified atom stereocenters. The van der Waals surface area contributed by atoms with Crippen LogP contribution in [0.4, 0.5) is 24.5 Å². The molecular formula is C22H18F3N3O4S. The Labute approximate surface area is 190 Å². The van der Waals surface area contributed by atoms with Crippen LogP contribution in [-0.2, 0) is 4.79 Å². The summed E-state index contributed by atoms with van der Waals surface area (Å²) in [5.41, 5.74) is 0.940. The molecule has 172 valence electrons. The predicted molar refractivity (Wildman–Crippen MR) is 117 cm³/mol. The van der Waals surface area contributed by atoms with Crippen LogP contribution in [0.2, 0.25) is 0 Å². The standard InChI is InChI=1S/C22H18F3N3O4S/c1-28(13-19(29)26-15-7-9-17(10-8-15)32-22(23,24)25)21(31)14-4-2-5-16(12-14)27-20(30)18-6-3-11-33-18/h2-12H,13H2,1H3,(H,26,29)(H,27,30). The third kappa shape index (κ3) is 7.07. The highest BCUT2D eigenvalue weighted by Crippen LogP contribution is 2.24. The molecule has 0 aliphatic rings. The molecule has 3 aromatic rings. The summed E-state index contributed by atoms with van der Waals surface area (Å²) in [7, 11) is 1.43. The summed E-state index contributed by atoms with van der Waals surface area (Å²) >= 11 is 1.29. The van der Waals surface area contributed by atoms with Gasteiger partial charge >= 0.3 is 6.36 Å². The van der Waals surface area contributed by atoms with E-state index in [1.54, 1.807) is 35.7 Å². The fourth-order valence-corrected chi connectivity index (χ4v) is 3.40. The number of thiophene rings is 1. The zero-order valence-corrected chi connectivity index (χ0v) is 18.0. The second-order valence-electron chi connectivity index (χ2n) is 6.79. The Bertz CT molecular complexity index is 1130. The van der Waals surface area contributed by atoms with Crippen molar-refractivity contribution < 1.29 is 32.3 Å². The highest BCUT2D eigenvalue weighted by molar-refractivity contribution is 7.12. The molecule has 0 aliphatic carbocycles. The van der Waals surface area contributed by atoms with E-state index in [2.05, 4.69) is 15.4 Å². The number of ether oxygens (including phenoxy) is 1. The summed E-state index contributed by atoms with van der Waals surface area (Å²) in [6, 6.07) is 14.4. The Morgan fingerprint density at radius 3 is 2.33 bits per heavy atom. The molecule has 1 heterocycles. The Kier molecular flexibility index (Phi) is 7.34. The van der Waals surface area contributed by atoms with Crippen molar-refractivity contribution in [3.8, 4) is 5.75 Å². The fraction of sp³-hybridized carbons (Fsp3) is 0.136. The van der Waals surface area contributed by atoms with Crippen molar-refractivity contribution in [2.45, 2.75) is 6.36 Å². The van der Waals surface area contributed by atoms with Crippen molar-refractivity contribution in [1.82, 2.24) is 4.90 Å². The van der Waals surface area contributed by atoms with Crippen molar-refractivity contribution in [2.24, 2.45) is 0 Å². The number of rotatable bonds is 7. The molecule has 11 heteroatoms. The Hall–Kier alpha value is -3.86. The number of benzene rings is 2. The number of alkyl halides is 3. The van der Waals surface area contributed by atoms with E-state index in [-0.39, 0.29) is 23.7 Å². The van der Waals surface area contributed by atoms with E-state index in [1.807, 2.05) is 0 Å². The van der Waals surface area contributed by atoms with Crippen molar-refractivity contribution >= 4 is 40.4 Å². The molecule has 1 aromatic heterocycles. The number of likely N-dealkylation sites (N-methyl/N-ethyl adjacent to an activating group) is 1. The van der Waals surface area contributed by atoms with Gasteiger partial charge in [-0.05, 0) is 53.9 Å². The molecule has 0 saturated heterocycles. The highest BCUT2D eigenvalue weighted by atomic mass is 32.1. The first-order chi connectivity index (χ1) is 15.6. The van der Waals surface area contributed by atoms with E-state index >= 15 is 0 Å². The summed E-state index contributed by atoms with van der Waals surface area (Å²) in [6.45, 7) is -0.300. The number of hydrogen-bond donors (Lipinski definition) is 2. The van der Waals surface area contributed by atoms with Crippen LogP contribution in [0.5, 0.6) is 5.75 Å². The van der Waals surface area contributed by atoms with Gasteiger partial charge in [-0.15, -0.1) is 24.5 Å². The van der Waals surface area contributed by atoms with Gasteiger partial charge in [0, 0.05) is 24.0 Å². The maximum atomic E-state index is 12.7. The normalized spacial score (nSPS) is 10.9. The minimum absolute atomic E-state index is 0.244. The topological polar surface area (TPSA) is 87.7 Å². The number of nitrogens with zero attached hydrogens (tertiary/aromatic N) is 1. The summed E-state index contributed by atoms with van der Waals surface area (Å²) in [4.78, 5) is 38.8. The second-order valence-corrected chi connectivity index (χ2v) is 7.74. The molecular weight excluding hydrogens is 459 g/mol. The number of nitrogens with one attached hydrogen (secondary N) is 2. The SMILES string of the molecule is CN(CC(=O)Nc1ccc(OC(F)(F)F)cc1)C(=O)c1cccc(NC(=O)c2cccs2)c1. The first-order valence-electron chi connectivity index (χ1n) is 9.47. The van der Waals surface area contributed by atoms with Gasteiger partial charge in [0.15, 0.2) is 0 Å². The Morgan fingerprint density at radius 1 is 0.970 bits per heavy atom. The van der Waals surface area contributed by atoms with Gasteiger partial charge in [-0.1, -0.05) is 12.1 Å². The zero-order valence-electron chi connectivity index (χ0n) is 17.2. The van der Waals surface area contributed by atoms with E-state index in [9.17, 15) is 27.6 Å². The van der Waals surface area contributed by atoms with E-state index < -0.39 is 23.9 Å². The molecule has 3 rings (SSSR count). The highest BCUT2D eigenvalue weighted by Gasteiger charge is 2.31. The molecule has 33 heavy (non-hydrogen) atoms. The van der Waals surface area contributed by atoms with Crippen molar-refractivity contribution in [3.63, 3.8) is 0 Å². The van der Waals surface area contributed by atoms with Crippen LogP contribution in [-0.4, -0.2) is 42.6 Å². The lowest BCUT2D eigenvalue weighted by Crippen LogP contribution is -2.35. The molecule has 0 fully saturated rings. The summed E-state index contributed by atoms with van der Waals surface area (Å²) in [6.07, 6.45) is -4.81. The monoisotopic (exact) mass is 477 g/mol. The lowest BCUT2D eigenvalue weighted by Gasteiger charge is -2.17. The molecule has 7 nitrogen and oxygen atoms in total. The smallest absolute Gasteiger partial charge is 0.406 e. The van der Waals surface area contributed by atoms with E-state index in [0.717, 1.165) is 12.1 Å². The molecule has 2 aromatic carbocycles. The van der Waals surface area contributed by atoms with Gasteiger partial charge in [0.25, 0.3) is 11.8 Å². The fourth-order valence-electron chi connectivity index (χ4n) is 2.78. The number of anilines is 2. The molecule has 0 atom stereocenters. The third-order valence-corrected chi connectivity index (χ3v) is 5.08. The van der Waals surface area contributed by atoms with Crippen molar-refractivity contribution in [2.75, 3.05) is 24.2 Å². The van der Waals surface area contributed by atoms with Crippen LogP contribution < -0.4 is 15.4 Å². The van der Waals surface area contributed by atoms with Crippen molar-refractivity contribution in [3.05, 3.63) is 76.5 Å². The van der Waals surface area contributed by atoms with Crippen LogP contribution in [0.1, 0.15) is 20.0 Å². The van der Waals surface area contributed by atoms with Gasteiger partial charge in [0.2, 0.25) is 5.91 Å². The molecule has 3 amide bonds.